The molecule has 0 aliphatic rings. The Morgan fingerprint density at radius 2 is 1.54 bits per heavy atom. The maximum atomic E-state index is 4.48. The molecule has 1 radical (unpaired) electrons. The van der Waals surface area contributed by atoms with Crippen molar-refractivity contribution in [3.63, 3.8) is 0 Å². The van der Waals surface area contributed by atoms with Crippen molar-refractivity contribution < 1.29 is 20.1 Å². The average Bonchev–Trinajstić information content (AvgIpc) is 3.00. The minimum atomic E-state index is 0. The van der Waals surface area contributed by atoms with E-state index in [4.69, 9.17) is 0 Å². The van der Waals surface area contributed by atoms with Gasteiger partial charge in [-0.25, -0.2) is 0 Å². The molecule has 24 heavy (non-hydrogen) atoms. The number of imidazole rings is 1. The first-order valence-corrected chi connectivity index (χ1v) is 7.54. The van der Waals surface area contributed by atoms with Crippen LogP contribution in [0.1, 0.15) is 0 Å². The van der Waals surface area contributed by atoms with Crippen molar-refractivity contribution >= 4 is 21.9 Å². The van der Waals surface area contributed by atoms with E-state index >= 15 is 0 Å². The van der Waals surface area contributed by atoms with Crippen molar-refractivity contribution in [2.45, 2.75) is 0 Å². The number of aryl methyl sites for hydroxylation is 2. The molecule has 0 fully saturated rings. The van der Waals surface area contributed by atoms with Crippen LogP contribution in [0, 0.1) is 6.20 Å². The number of aromatic nitrogens is 4. The van der Waals surface area contributed by atoms with Crippen molar-refractivity contribution in [1.29, 1.82) is 0 Å². The van der Waals surface area contributed by atoms with Crippen molar-refractivity contribution in [3.05, 3.63) is 73.2 Å². The summed E-state index contributed by atoms with van der Waals surface area (Å²) in [4.78, 5) is 4.48. The minimum Gasteiger partial charge on any atom is -0.405 e. The third kappa shape index (κ3) is 2.66. The standard InChI is InChI=1S/C19H17N4.Ir/c1-21-14-12-20-19(21)23-13-11-15-7-3-4-8-16(15)22(2)17-9-5-6-10-18(17)23;/h3-12,14H,1-2H3;/q-1;. The van der Waals surface area contributed by atoms with Crippen LogP contribution in [0.5, 0.6) is 0 Å². The SMILES string of the molecule is Cn1ccnc1-n1[c-]cc2ccccc2n(C)c2ccccc21.[Ir]. The molecule has 4 nitrogen and oxygen atoms in total. The van der Waals surface area contributed by atoms with E-state index in [0.29, 0.717) is 0 Å². The number of benzene rings is 2. The van der Waals surface area contributed by atoms with Gasteiger partial charge in [-0.1, -0.05) is 48.0 Å². The van der Waals surface area contributed by atoms with Gasteiger partial charge in [-0.2, -0.15) is 0 Å². The van der Waals surface area contributed by atoms with E-state index in [1.165, 1.54) is 0 Å². The van der Waals surface area contributed by atoms with Crippen LogP contribution < -0.4 is 0 Å². The largest absolute Gasteiger partial charge is 0.405 e. The molecule has 2 aromatic carbocycles. The second-order valence-corrected chi connectivity index (χ2v) is 5.55. The van der Waals surface area contributed by atoms with Gasteiger partial charge < -0.3 is 13.7 Å². The fraction of sp³-hybridized carbons (Fsp3) is 0.105. The molecule has 0 N–H and O–H groups in total. The van der Waals surface area contributed by atoms with Gasteiger partial charge in [0.2, 0.25) is 0 Å². The first kappa shape index (κ1) is 16.5. The quantitative estimate of drug-likeness (QED) is 0.371. The van der Waals surface area contributed by atoms with Gasteiger partial charge in [-0.05, 0) is 17.6 Å². The average molecular weight is 494 g/mol. The molecule has 0 aliphatic carbocycles. The molecule has 4 aromatic rings. The van der Waals surface area contributed by atoms with Gasteiger partial charge in [-0.3, -0.25) is 4.98 Å². The summed E-state index contributed by atoms with van der Waals surface area (Å²) in [5.41, 5.74) is 3.32. The second-order valence-electron chi connectivity index (χ2n) is 5.55. The number of hydrogen-bond donors (Lipinski definition) is 0. The van der Waals surface area contributed by atoms with Crippen molar-refractivity contribution in [2.75, 3.05) is 0 Å². The predicted octanol–water partition coefficient (Wildman–Crippen LogP) is 3.78. The first-order valence-electron chi connectivity index (χ1n) is 7.54. The van der Waals surface area contributed by atoms with E-state index in [1.54, 1.807) is 6.20 Å². The Balaban J connectivity index is 0.00000169. The number of hydrogen-bond acceptors (Lipinski definition) is 1. The summed E-state index contributed by atoms with van der Waals surface area (Å²) in [5.74, 6) is 0.835. The van der Waals surface area contributed by atoms with E-state index in [1.807, 2.05) is 40.6 Å². The predicted molar refractivity (Wildman–Crippen MR) is 93.0 cm³/mol. The molecule has 0 aliphatic heterocycles. The van der Waals surface area contributed by atoms with Crippen LogP contribution in [0.4, 0.5) is 0 Å². The Morgan fingerprint density at radius 3 is 2.25 bits per heavy atom. The van der Waals surface area contributed by atoms with E-state index in [-0.39, 0.29) is 20.1 Å². The van der Waals surface area contributed by atoms with Crippen LogP contribution >= 0.6 is 0 Å². The molecule has 0 saturated carbocycles. The Morgan fingerprint density at radius 1 is 0.875 bits per heavy atom. The Labute approximate surface area is 154 Å². The molecule has 0 saturated heterocycles. The summed E-state index contributed by atoms with van der Waals surface area (Å²) in [6, 6.07) is 18.6. The van der Waals surface area contributed by atoms with E-state index < -0.39 is 0 Å². The topological polar surface area (TPSA) is 27.7 Å². The van der Waals surface area contributed by atoms with Crippen LogP contribution in [-0.2, 0) is 34.2 Å². The van der Waals surface area contributed by atoms with Gasteiger partial charge >= 0.3 is 0 Å². The fourth-order valence-corrected chi connectivity index (χ4v) is 2.92. The number of fused-ring (bicyclic) bond motifs is 2. The summed E-state index contributed by atoms with van der Waals surface area (Å²) in [5, 5.41) is 1.13. The summed E-state index contributed by atoms with van der Waals surface area (Å²) < 4.78 is 6.20. The molecule has 2 aromatic heterocycles. The normalized spacial score (nSPS) is 10.6. The molecule has 123 valence electrons. The van der Waals surface area contributed by atoms with Crippen molar-refractivity contribution in [2.24, 2.45) is 14.1 Å². The molecule has 0 unspecified atom stereocenters. The van der Waals surface area contributed by atoms with Crippen molar-refractivity contribution in [3.8, 4) is 5.95 Å². The van der Waals surface area contributed by atoms with Crippen LogP contribution in [0.15, 0.2) is 67.0 Å². The van der Waals surface area contributed by atoms with E-state index in [9.17, 15) is 0 Å². The second kappa shape index (κ2) is 6.63. The van der Waals surface area contributed by atoms with Crippen LogP contribution in [0.25, 0.3) is 27.9 Å². The van der Waals surface area contributed by atoms with Gasteiger partial charge in [0, 0.05) is 57.6 Å². The van der Waals surface area contributed by atoms with Gasteiger partial charge in [0.1, 0.15) is 5.95 Å². The number of nitrogens with zero attached hydrogens (tertiary/aromatic N) is 4. The first-order chi connectivity index (χ1) is 11.3. The molecular weight excluding hydrogens is 476 g/mol. The van der Waals surface area contributed by atoms with E-state index in [2.05, 4.69) is 59.2 Å². The Bertz CT molecular complexity index is 1050. The summed E-state index contributed by atoms with van der Waals surface area (Å²) in [6.45, 7) is 0. The smallest absolute Gasteiger partial charge is 0.130 e. The summed E-state index contributed by atoms with van der Waals surface area (Å²) in [7, 11) is 4.08. The molecule has 0 atom stereocenters. The van der Waals surface area contributed by atoms with Gasteiger partial charge in [-0.15, -0.1) is 6.07 Å². The molecule has 5 heteroatoms. The minimum absolute atomic E-state index is 0. The molecular formula is C19H17IrN4-. The molecule has 0 amide bonds. The van der Waals surface area contributed by atoms with Gasteiger partial charge in [0.25, 0.3) is 0 Å². The summed E-state index contributed by atoms with van der Waals surface area (Å²) >= 11 is 0. The Kier molecular flexibility index (Phi) is 4.56. The molecule has 0 bridgehead atoms. The molecule has 2 heterocycles. The van der Waals surface area contributed by atoms with Crippen LogP contribution in [-0.4, -0.2) is 18.7 Å². The zero-order valence-electron chi connectivity index (χ0n) is 13.5. The third-order valence-corrected chi connectivity index (χ3v) is 4.13. The molecule has 0 spiro atoms. The van der Waals surface area contributed by atoms with Crippen LogP contribution in [0.3, 0.4) is 0 Å². The number of rotatable bonds is 1. The molecule has 4 rings (SSSR count). The number of para-hydroxylation sites is 3. The van der Waals surface area contributed by atoms with Crippen molar-refractivity contribution in [1.82, 2.24) is 18.7 Å². The monoisotopic (exact) mass is 494 g/mol. The van der Waals surface area contributed by atoms with Gasteiger partial charge in [0.05, 0.1) is 0 Å². The summed E-state index contributed by atoms with van der Waals surface area (Å²) in [6.07, 6.45) is 7.14. The zero-order valence-corrected chi connectivity index (χ0v) is 15.9. The fourth-order valence-electron chi connectivity index (χ4n) is 2.92. The zero-order chi connectivity index (χ0) is 15.8. The van der Waals surface area contributed by atoms with Gasteiger partial charge in [0.15, 0.2) is 0 Å². The third-order valence-electron chi connectivity index (χ3n) is 4.13. The maximum Gasteiger partial charge on any atom is 0.130 e. The Hall–Kier alpha value is -2.36. The maximum absolute atomic E-state index is 4.48. The van der Waals surface area contributed by atoms with E-state index in [0.717, 1.165) is 27.9 Å². The van der Waals surface area contributed by atoms with Crippen LogP contribution in [0.2, 0.25) is 0 Å².